The standard InChI is InChI=1S/Al.Ca.Na.3O3Si/c;;;3*1-4(2)3/q+3;+2;+1;3*-2. The van der Waals surface area contributed by atoms with E-state index in [9.17, 15) is 0 Å². The van der Waals surface area contributed by atoms with Gasteiger partial charge in [-0.25, -0.2) is 0 Å². The van der Waals surface area contributed by atoms with E-state index in [0.717, 1.165) is 0 Å². The number of rotatable bonds is 0. The summed E-state index contributed by atoms with van der Waals surface area (Å²) in [5.41, 5.74) is 0. The Kier molecular flexibility index (Phi) is 71.0. The summed E-state index contributed by atoms with van der Waals surface area (Å²) in [6.45, 7) is 0. The van der Waals surface area contributed by atoms with E-state index < -0.39 is 27.5 Å². The number of hydrogen-bond donors (Lipinski definition) is 0. The topological polar surface area (TPSA) is 190 Å². The zero-order valence-electron chi connectivity index (χ0n) is 7.46. The van der Waals surface area contributed by atoms with Gasteiger partial charge in [0.05, 0.1) is 0 Å². The van der Waals surface area contributed by atoms with Gasteiger partial charge in [0.25, 0.3) is 0 Å². The second-order valence-electron chi connectivity index (χ2n) is 0.750. The molecule has 0 fully saturated rings. The molecule has 15 heavy (non-hydrogen) atoms. The van der Waals surface area contributed by atoms with Gasteiger partial charge in [0.1, 0.15) is 0 Å². The van der Waals surface area contributed by atoms with Crippen LogP contribution in [0.5, 0.6) is 0 Å². The Bertz CT molecular complexity index is 123. The minimum absolute atomic E-state index is 0. The third-order valence-electron chi connectivity index (χ3n) is 0. The van der Waals surface area contributed by atoms with Gasteiger partial charge in [0.2, 0.25) is 0 Å². The van der Waals surface area contributed by atoms with Crippen LogP contribution in [0.1, 0.15) is 0 Å². The van der Waals surface area contributed by atoms with E-state index in [1.807, 2.05) is 0 Å². The van der Waals surface area contributed by atoms with Crippen molar-refractivity contribution in [3.63, 3.8) is 0 Å². The largest absolute Gasteiger partial charge is 3.00 e. The van der Waals surface area contributed by atoms with Gasteiger partial charge in [-0.1, -0.05) is 0 Å². The van der Waals surface area contributed by atoms with Crippen molar-refractivity contribution in [2.24, 2.45) is 0 Å². The molecular formula is AlCaNaO9Si3. The maximum Gasteiger partial charge on any atom is 3.00 e. The summed E-state index contributed by atoms with van der Waals surface area (Å²) in [7, 11) is -10.9. The van der Waals surface area contributed by atoms with Crippen LogP contribution in [0, 0.1) is 0 Å². The van der Waals surface area contributed by atoms with E-state index in [2.05, 4.69) is 0 Å². The molecule has 0 unspecified atom stereocenters. The van der Waals surface area contributed by atoms with E-state index in [4.69, 9.17) is 42.2 Å². The van der Waals surface area contributed by atoms with Crippen molar-refractivity contribution in [1.29, 1.82) is 0 Å². The molecule has 0 heterocycles. The van der Waals surface area contributed by atoms with Gasteiger partial charge < -0.3 is 42.2 Å². The number of hydrogen-bond acceptors (Lipinski definition) is 9. The summed E-state index contributed by atoms with van der Waals surface area (Å²) >= 11 is 0. The van der Waals surface area contributed by atoms with E-state index >= 15 is 0 Å². The smallest absolute Gasteiger partial charge is 0.672 e. The Morgan fingerprint density at radius 1 is 0.600 bits per heavy atom. The molecule has 0 N–H and O–H groups in total. The van der Waals surface area contributed by atoms with Gasteiger partial charge in [-0.2, -0.15) is 0 Å². The van der Waals surface area contributed by atoms with Crippen molar-refractivity contribution in [2.75, 3.05) is 0 Å². The molecule has 0 aliphatic carbocycles. The Morgan fingerprint density at radius 3 is 0.600 bits per heavy atom. The second kappa shape index (κ2) is 29.6. The molecule has 0 saturated heterocycles. The Balaban J connectivity index is -0.0000000184. The fourth-order valence-corrected chi connectivity index (χ4v) is 0. The summed E-state index contributed by atoms with van der Waals surface area (Å²) in [6.07, 6.45) is 0. The average Bonchev–Trinajstić information content (AvgIpc) is 1.54. The van der Waals surface area contributed by atoms with Crippen LogP contribution in [0.25, 0.3) is 0 Å². The van der Waals surface area contributed by atoms with Gasteiger partial charge in [0, 0.05) is 27.5 Å². The second-order valence-corrected chi connectivity index (χ2v) is 2.25. The van der Waals surface area contributed by atoms with Crippen LogP contribution < -0.4 is 58.3 Å². The molecule has 0 amide bonds. The third-order valence-corrected chi connectivity index (χ3v) is 0. The SMILES string of the molecule is O=[Si]([O-])[O-].O=[Si]([O-])[O-].O=[Si]([O-])[O-].[Al+3].[Ca+2].[Na+]. The first-order valence-electron chi connectivity index (χ1n) is 1.84. The fourth-order valence-electron chi connectivity index (χ4n) is 0. The molecule has 72 valence electrons. The maximum atomic E-state index is 8.52. The molecule has 0 atom stereocenters. The molecular weight excluding hydrogens is 318 g/mol. The minimum Gasteiger partial charge on any atom is -0.672 e. The maximum absolute atomic E-state index is 8.52. The van der Waals surface area contributed by atoms with Crippen LogP contribution in [0.2, 0.25) is 0 Å². The summed E-state index contributed by atoms with van der Waals surface area (Å²) < 4.78 is 25.6. The molecule has 0 aromatic carbocycles. The normalized spacial score (nSPS) is 4.80. The quantitative estimate of drug-likeness (QED) is 0.390. The van der Waals surface area contributed by atoms with Crippen LogP contribution in [-0.2, 0) is 13.4 Å². The predicted molar refractivity (Wildman–Crippen MR) is 30.8 cm³/mol. The van der Waals surface area contributed by atoms with Gasteiger partial charge in [-0.3, -0.25) is 0 Å². The summed E-state index contributed by atoms with van der Waals surface area (Å²) in [5, 5.41) is 0. The first-order valence-corrected chi connectivity index (χ1v) is 5.51. The fraction of sp³-hybridized carbons (Fsp3) is 0. The van der Waals surface area contributed by atoms with Crippen LogP contribution in [-0.4, -0.2) is 82.6 Å². The summed E-state index contributed by atoms with van der Waals surface area (Å²) in [5.74, 6) is 0. The van der Waals surface area contributed by atoms with E-state index in [1.54, 1.807) is 0 Å². The molecule has 0 saturated carbocycles. The van der Waals surface area contributed by atoms with Crippen LogP contribution in [0.15, 0.2) is 0 Å². The molecule has 0 radical (unpaired) electrons. The van der Waals surface area contributed by atoms with Crippen LogP contribution in [0.4, 0.5) is 0 Å². The van der Waals surface area contributed by atoms with Crippen molar-refractivity contribution in [2.45, 2.75) is 0 Å². The minimum atomic E-state index is -3.63. The monoisotopic (exact) mass is 318 g/mol. The first-order chi connectivity index (χ1) is 5.20. The molecule has 0 aliphatic rings. The van der Waals surface area contributed by atoms with E-state index in [1.165, 1.54) is 0 Å². The zero-order valence-corrected chi connectivity index (χ0v) is 15.8. The first kappa shape index (κ1) is 36.0. The average molecular weight is 318 g/mol. The molecule has 0 spiro atoms. The summed E-state index contributed by atoms with van der Waals surface area (Å²) in [6, 6.07) is 0. The Labute approximate surface area is 152 Å². The molecule has 0 aliphatic heterocycles. The van der Waals surface area contributed by atoms with E-state index in [-0.39, 0.29) is 84.7 Å². The van der Waals surface area contributed by atoms with Crippen molar-refractivity contribution in [3.8, 4) is 0 Å². The van der Waals surface area contributed by atoms with Crippen LogP contribution in [0.3, 0.4) is 0 Å². The Hall–Kier alpha value is 1.64. The third kappa shape index (κ3) is 1080. The molecule has 0 aromatic rings. The molecule has 9 nitrogen and oxygen atoms in total. The predicted octanol–water partition coefficient (Wildman–Crippen LogP) is -12.4. The Morgan fingerprint density at radius 2 is 0.600 bits per heavy atom. The van der Waals surface area contributed by atoms with Gasteiger partial charge in [-0.05, 0) is 0 Å². The van der Waals surface area contributed by atoms with Gasteiger partial charge in [0.15, 0.2) is 0 Å². The molecule has 0 rings (SSSR count). The van der Waals surface area contributed by atoms with E-state index in [0.29, 0.717) is 0 Å². The molecule has 15 heteroatoms. The van der Waals surface area contributed by atoms with Crippen molar-refractivity contribution in [3.05, 3.63) is 0 Å². The van der Waals surface area contributed by atoms with Crippen LogP contribution >= 0.6 is 0 Å². The van der Waals surface area contributed by atoms with Crippen molar-refractivity contribution in [1.82, 2.24) is 0 Å². The molecule has 0 bridgehead atoms. The molecule has 0 aromatic heterocycles. The van der Waals surface area contributed by atoms with Crippen molar-refractivity contribution < 1.29 is 71.7 Å². The summed E-state index contributed by atoms with van der Waals surface area (Å²) in [4.78, 5) is 51.1. The van der Waals surface area contributed by atoms with Gasteiger partial charge in [-0.15, -0.1) is 0 Å². The zero-order chi connectivity index (χ0) is 10.7. The van der Waals surface area contributed by atoms with Crippen molar-refractivity contribution >= 4 is 82.6 Å². The van der Waals surface area contributed by atoms with Gasteiger partial charge >= 0.3 is 84.7 Å².